The average molecular weight is 270 g/mol. The average Bonchev–Trinajstić information content (AvgIpc) is 2.15. The molecular weight excluding hydrogens is 262 g/mol. The summed E-state index contributed by atoms with van der Waals surface area (Å²) < 4.78 is 0.736. The second kappa shape index (κ2) is 5.84. The minimum Gasteiger partial charge on any atom is -0.288 e. The molecule has 0 aliphatic heterocycles. The number of rotatable bonds is 1. The van der Waals surface area contributed by atoms with Crippen molar-refractivity contribution < 1.29 is 4.79 Å². The first-order chi connectivity index (χ1) is 6.70. The maximum absolute atomic E-state index is 10.6. The van der Waals surface area contributed by atoms with E-state index in [1.54, 1.807) is 6.20 Å². The van der Waals surface area contributed by atoms with Gasteiger partial charge in [0, 0.05) is 13.1 Å². The lowest BCUT2D eigenvalue weighted by Gasteiger charge is -1.91. The third-order valence-electron chi connectivity index (χ3n) is 1.33. The van der Waals surface area contributed by atoms with Gasteiger partial charge in [-0.15, -0.1) is 0 Å². The summed E-state index contributed by atoms with van der Waals surface area (Å²) in [5.41, 5.74) is 0.844. The summed E-state index contributed by atoms with van der Waals surface area (Å²) in [6.07, 6.45) is 1.69. The molecule has 1 aromatic rings. The van der Waals surface area contributed by atoms with Crippen LogP contribution in [0, 0.1) is 11.8 Å². The van der Waals surface area contributed by atoms with Crippen LogP contribution in [0.2, 0.25) is 0 Å². The van der Waals surface area contributed by atoms with E-state index in [0.717, 1.165) is 10.2 Å². The molecule has 0 saturated carbocycles. The molecule has 0 aromatic carbocycles. The molecule has 0 radical (unpaired) electrons. The van der Waals surface area contributed by atoms with Gasteiger partial charge in [0.05, 0.1) is 11.3 Å². The molecule has 72 valence electrons. The molecule has 0 aliphatic rings. The predicted molar refractivity (Wildman–Crippen MR) is 62.0 cm³/mol. The standard InChI is InChI=1S/C10H8BrNOS/c1-8(13)14-7-3-5-9-4-2-6-12-10(9)11/h2,4,6H,7H2,1H3. The van der Waals surface area contributed by atoms with Gasteiger partial charge in [-0.1, -0.05) is 23.6 Å². The fourth-order valence-electron chi connectivity index (χ4n) is 0.748. The third kappa shape index (κ3) is 3.95. The van der Waals surface area contributed by atoms with E-state index in [1.165, 1.54) is 18.7 Å². The fourth-order valence-corrected chi connectivity index (χ4v) is 1.45. The molecule has 0 spiro atoms. The number of halogens is 1. The van der Waals surface area contributed by atoms with Crippen LogP contribution in [0.1, 0.15) is 12.5 Å². The molecular formula is C10H8BrNOS. The number of hydrogen-bond acceptors (Lipinski definition) is 3. The van der Waals surface area contributed by atoms with Gasteiger partial charge < -0.3 is 0 Å². The smallest absolute Gasteiger partial charge is 0.186 e. The van der Waals surface area contributed by atoms with Crippen LogP contribution in [0.3, 0.4) is 0 Å². The van der Waals surface area contributed by atoms with Crippen LogP contribution in [0.25, 0.3) is 0 Å². The van der Waals surface area contributed by atoms with E-state index < -0.39 is 0 Å². The molecule has 0 unspecified atom stereocenters. The van der Waals surface area contributed by atoms with Crippen molar-refractivity contribution in [2.75, 3.05) is 5.75 Å². The van der Waals surface area contributed by atoms with E-state index in [9.17, 15) is 4.79 Å². The third-order valence-corrected chi connectivity index (χ3v) is 2.66. The van der Waals surface area contributed by atoms with Crippen LogP contribution < -0.4 is 0 Å². The number of carbonyl (C=O) groups is 1. The lowest BCUT2D eigenvalue weighted by Crippen LogP contribution is -1.84. The Kier molecular flexibility index (Phi) is 4.71. The van der Waals surface area contributed by atoms with E-state index in [2.05, 4.69) is 32.8 Å². The number of aromatic nitrogens is 1. The van der Waals surface area contributed by atoms with Crippen LogP contribution in [0.4, 0.5) is 0 Å². The summed E-state index contributed by atoms with van der Waals surface area (Å²) >= 11 is 4.50. The van der Waals surface area contributed by atoms with Gasteiger partial charge in [0.15, 0.2) is 5.12 Å². The molecule has 0 N–H and O–H groups in total. The Morgan fingerprint density at radius 3 is 3.14 bits per heavy atom. The van der Waals surface area contributed by atoms with E-state index in [-0.39, 0.29) is 5.12 Å². The number of pyridine rings is 1. The van der Waals surface area contributed by atoms with Gasteiger partial charge in [-0.05, 0) is 28.1 Å². The number of thioether (sulfide) groups is 1. The Balaban J connectivity index is 2.59. The molecule has 1 rings (SSSR count). The SMILES string of the molecule is CC(=O)SCC#Cc1cccnc1Br. The summed E-state index contributed by atoms with van der Waals surface area (Å²) in [6, 6.07) is 3.70. The lowest BCUT2D eigenvalue weighted by atomic mass is 10.3. The van der Waals surface area contributed by atoms with E-state index in [4.69, 9.17) is 0 Å². The van der Waals surface area contributed by atoms with Crippen LogP contribution in [-0.4, -0.2) is 15.9 Å². The first-order valence-electron chi connectivity index (χ1n) is 3.93. The highest BCUT2D eigenvalue weighted by molar-refractivity contribution is 9.10. The number of carbonyl (C=O) groups excluding carboxylic acids is 1. The van der Waals surface area contributed by atoms with Gasteiger partial charge in [0.2, 0.25) is 0 Å². The van der Waals surface area contributed by atoms with Crippen LogP contribution in [-0.2, 0) is 4.79 Å². The second-order valence-electron chi connectivity index (χ2n) is 2.42. The molecule has 4 heteroatoms. The van der Waals surface area contributed by atoms with Crippen molar-refractivity contribution in [3.63, 3.8) is 0 Å². The quantitative estimate of drug-likeness (QED) is 0.580. The van der Waals surface area contributed by atoms with Gasteiger partial charge in [0.25, 0.3) is 0 Å². The zero-order chi connectivity index (χ0) is 10.4. The Morgan fingerprint density at radius 2 is 2.50 bits per heavy atom. The van der Waals surface area contributed by atoms with E-state index >= 15 is 0 Å². The molecule has 0 amide bonds. The summed E-state index contributed by atoms with van der Waals surface area (Å²) in [4.78, 5) is 14.6. The lowest BCUT2D eigenvalue weighted by molar-refractivity contribution is -0.109. The zero-order valence-corrected chi connectivity index (χ0v) is 9.98. The molecule has 14 heavy (non-hydrogen) atoms. The van der Waals surface area contributed by atoms with Crippen molar-refractivity contribution >= 4 is 32.8 Å². The Morgan fingerprint density at radius 1 is 1.71 bits per heavy atom. The first kappa shape index (κ1) is 11.3. The molecule has 0 fully saturated rings. The monoisotopic (exact) mass is 269 g/mol. The molecule has 1 aromatic heterocycles. The van der Waals surface area contributed by atoms with Crippen molar-refractivity contribution in [2.24, 2.45) is 0 Å². The summed E-state index contributed by atoms with van der Waals surface area (Å²) in [6.45, 7) is 1.53. The largest absolute Gasteiger partial charge is 0.288 e. The zero-order valence-electron chi connectivity index (χ0n) is 7.58. The predicted octanol–water partition coefficient (Wildman–Crippen LogP) is 2.48. The molecule has 0 bridgehead atoms. The minimum atomic E-state index is 0.0875. The molecule has 0 atom stereocenters. The summed E-state index contributed by atoms with van der Waals surface area (Å²) in [7, 11) is 0. The number of nitrogens with zero attached hydrogens (tertiary/aromatic N) is 1. The molecule has 1 heterocycles. The fraction of sp³-hybridized carbons (Fsp3) is 0.200. The van der Waals surface area contributed by atoms with Gasteiger partial charge in [-0.3, -0.25) is 4.79 Å². The highest BCUT2D eigenvalue weighted by Crippen LogP contribution is 2.10. The molecule has 0 aliphatic carbocycles. The minimum absolute atomic E-state index is 0.0875. The van der Waals surface area contributed by atoms with Gasteiger partial charge in [-0.2, -0.15) is 0 Å². The Labute approximate surface area is 95.6 Å². The maximum Gasteiger partial charge on any atom is 0.186 e. The van der Waals surface area contributed by atoms with Crippen molar-refractivity contribution in [3.8, 4) is 11.8 Å². The van der Waals surface area contributed by atoms with Crippen molar-refractivity contribution in [1.82, 2.24) is 4.98 Å². The van der Waals surface area contributed by atoms with Crippen molar-refractivity contribution in [1.29, 1.82) is 0 Å². The van der Waals surface area contributed by atoms with E-state index in [1.807, 2.05) is 12.1 Å². The molecule has 2 nitrogen and oxygen atoms in total. The van der Waals surface area contributed by atoms with Gasteiger partial charge >= 0.3 is 0 Å². The Bertz CT molecular complexity index is 395. The Hall–Kier alpha value is -0.790. The number of hydrogen-bond donors (Lipinski definition) is 0. The maximum atomic E-state index is 10.6. The van der Waals surface area contributed by atoms with Crippen LogP contribution >= 0.6 is 27.7 Å². The van der Waals surface area contributed by atoms with Gasteiger partial charge in [0.1, 0.15) is 4.60 Å². The molecule has 0 saturated heterocycles. The first-order valence-corrected chi connectivity index (χ1v) is 5.71. The summed E-state index contributed by atoms with van der Waals surface area (Å²) in [5, 5.41) is 0.0875. The van der Waals surface area contributed by atoms with Crippen molar-refractivity contribution in [2.45, 2.75) is 6.92 Å². The van der Waals surface area contributed by atoms with Crippen LogP contribution in [0.15, 0.2) is 22.9 Å². The van der Waals surface area contributed by atoms with Gasteiger partial charge in [-0.25, -0.2) is 4.98 Å². The second-order valence-corrected chi connectivity index (χ2v) is 4.33. The highest BCUT2D eigenvalue weighted by atomic mass is 79.9. The normalized spacial score (nSPS) is 9.00. The topological polar surface area (TPSA) is 30.0 Å². The van der Waals surface area contributed by atoms with E-state index in [0.29, 0.717) is 5.75 Å². The van der Waals surface area contributed by atoms with Crippen LogP contribution in [0.5, 0.6) is 0 Å². The highest BCUT2D eigenvalue weighted by Gasteiger charge is 1.94. The summed E-state index contributed by atoms with van der Waals surface area (Å²) in [5.74, 6) is 6.36. The van der Waals surface area contributed by atoms with Crippen molar-refractivity contribution in [3.05, 3.63) is 28.5 Å².